The molecule has 6 nitrogen and oxygen atoms in total. The van der Waals surface area contributed by atoms with Crippen molar-refractivity contribution in [1.29, 1.82) is 0 Å². The molecule has 208 valence electrons. The van der Waals surface area contributed by atoms with E-state index >= 15 is 0 Å². The molecule has 0 bridgehead atoms. The Bertz CT molecular complexity index is 1640. The fourth-order valence-electron chi connectivity index (χ4n) is 3.61. The zero-order chi connectivity index (χ0) is 29.0. The lowest BCUT2D eigenvalue weighted by atomic mass is 10.2. The molecule has 2 N–H and O–H groups in total. The molecule has 0 spiro atoms. The second-order valence-electron chi connectivity index (χ2n) is 8.59. The Kier molecular flexibility index (Phi) is 10.4. The number of halogens is 2. The number of hydrogen-bond acceptors (Lipinski definition) is 8. The van der Waals surface area contributed by atoms with Gasteiger partial charge in [0, 0.05) is 43.1 Å². The molecule has 6 rings (SSSR count). The zero-order valence-corrected chi connectivity index (χ0v) is 25.2. The molecule has 42 heavy (non-hydrogen) atoms. The molecule has 0 aliphatic carbocycles. The summed E-state index contributed by atoms with van der Waals surface area (Å²) in [7, 11) is 0. The van der Waals surface area contributed by atoms with Crippen molar-refractivity contribution in [2.45, 2.75) is 0 Å². The number of benzene rings is 4. The van der Waals surface area contributed by atoms with Crippen molar-refractivity contribution < 1.29 is 0 Å². The van der Waals surface area contributed by atoms with Crippen molar-refractivity contribution in [1.82, 2.24) is 9.97 Å². The molecular formula is C32H24Cl2N6S2. The van der Waals surface area contributed by atoms with Gasteiger partial charge in [-0.15, -0.1) is 22.7 Å². The Morgan fingerprint density at radius 1 is 0.524 bits per heavy atom. The molecular weight excluding hydrogens is 603 g/mol. The Balaban J connectivity index is 0.000000168. The van der Waals surface area contributed by atoms with E-state index in [4.69, 9.17) is 23.2 Å². The fraction of sp³-hybridized carbons (Fsp3) is 0. The third-order valence-corrected chi connectivity index (χ3v) is 7.87. The molecule has 0 saturated heterocycles. The van der Waals surface area contributed by atoms with Gasteiger partial charge >= 0.3 is 0 Å². The van der Waals surface area contributed by atoms with Gasteiger partial charge in [-0.05, 0) is 12.1 Å². The number of nitrogens with one attached hydrogen (secondary N) is 2. The maximum atomic E-state index is 6.06. The van der Waals surface area contributed by atoms with Crippen LogP contribution in [0.4, 0.5) is 10.3 Å². The summed E-state index contributed by atoms with van der Waals surface area (Å²) in [4.78, 5) is 8.99. The van der Waals surface area contributed by atoms with Crippen LogP contribution in [0.3, 0.4) is 0 Å². The Morgan fingerprint density at radius 3 is 1.31 bits per heavy atom. The topological polar surface area (TPSA) is 74.6 Å². The molecule has 0 radical (unpaired) electrons. The lowest BCUT2D eigenvalue weighted by molar-refractivity contribution is 1.29. The Hall–Kier alpha value is -4.34. The number of thiazole rings is 2. The van der Waals surface area contributed by atoms with Gasteiger partial charge in [0.25, 0.3) is 0 Å². The van der Waals surface area contributed by atoms with Crippen LogP contribution < -0.4 is 10.9 Å². The fourth-order valence-corrected chi connectivity index (χ4v) is 5.31. The van der Waals surface area contributed by atoms with Crippen LogP contribution >= 0.6 is 45.9 Å². The summed E-state index contributed by atoms with van der Waals surface area (Å²) in [6, 6.07) is 35.2. The van der Waals surface area contributed by atoms with Gasteiger partial charge in [0.05, 0.1) is 23.8 Å². The van der Waals surface area contributed by atoms with E-state index in [-0.39, 0.29) is 0 Å². The number of anilines is 2. The minimum Gasteiger partial charge on any atom is -0.253 e. The molecule has 2 aromatic heterocycles. The van der Waals surface area contributed by atoms with Crippen LogP contribution in [0.2, 0.25) is 10.0 Å². The van der Waals surface area contributed by atoms with Crippen LogP contribution in [0, 0.1) is 0 Å². The first-order valence-electron chi connectivity index (χ1n) is 12.7. The summed E-state index contributed by atoms with van der Waals surface area (Å²) in [6.45, 7) is 0. The van der Waals surface area contributed by atoms with E-state index < -0.39 is 0 Å². The Labute approximate surface area is 262 Å². The maximum Gasteiger partial charge on any atom is 0.203 e. The molecule has 0 unspecified atom stereocenters. The predicted molar refractivity (Wildman–Crippen MR) is 180 cm³/mol. The summed E-state index contributed by atoms with van der Waals surface area (Å²) in [5.74, 6) is 0. The standard InChI is InChI=1S/2C16H12ClN3S/c2*17-14-9-5-4-8-13(14)10-18-20-16-19-15(11-21-16)12-6-2-1-3-7-12/h2*1-11H,(H,19,20)/b2*18-10+. The summed E-state index contributed by atoms with van der Waals surface area (Å²) in [5.41, 5.74) is 11.7. The molecule has 0 aliphatic heterocycles. The third-order valence-electron chi connectivity index (χ3n) is 5.69. The third kappa shape index (κ3) is 8.34. The summed E-state index contributed by atoms with van der Waals surface area (Å²) >= 11 is 15.1. The highest BCUT2D eigenvalue weighted by atomic mass is 35.5. The first kappa shape index (κ1) is 29.2. The zero-order valence-electron chi connectivity index (χ0n) is 22.1. The second kappa shape index (κ2) is 15.0. The minimum atomic E-state index is 0.673. The van der Waals surface area contributed by atoms with Gasteiger partial charge in [-0.3, -0.25) is 10.9 Å². The monoisotopic (exact) mass is 626 g/mol. The van der Waals surface area contributed by atoms with Gasteiger partial charge in [0.2, 0.25) is 10.3 Å². The van der Waals surface area contributed by atoms with Crippen LogP contribution in [0.25, 0.3) is 22.5 Å². The van der Waals surface area contributed by atoms with E-state index in [0.29, 0.717) is 10.0 Å². The molecule has 10 heteroatoms. The van der Waals surface area contributed by atoms with Crippen LogP contribution in [0.15, 0.2) is 130 Å². The van der Waals surface area contributed by atoms with Crippen LogP contribution in [0.5, 0.6) is 0 Å². The van der Waals surface area contributed by atoms with Gasteiger partial charge in [-0.1, -0.05) is 120 Å². The predicted octanol–water partition coefficient (Wildman–Crippen LogP) is 9.82. The normalized spacial score (nSPS) is 10.9. The average molecular weight is 628 g/mol. The van der Waals surface area contributed by atoms with Crippen molar-refractivity contribution >= 4 is 68.6 Å². The molecule has 0 fully saturated rings. The number of aromatic nitrogens is 2. The Morgan fingerprint density at radius 2 is 0.905 bits per heavy atom. The number of hydrogen-bond donors (Lipinski definition) is 2. The van der Waals surface area contributed by atoms with E-state index in [2.05, 4.69) is 31.0 Å². The van der Waals surface area contributed by atoms with Crippen molar-refractivity contribution in [3.05, 3.63) is 141 Å². The van der Waals surface area contributed by atoms with Gasteiger partial charge in [-0.2, -0.15) is 10.2 Å². The molecule has 0 amide bonds. The number of rotatable bonds is 8. The van der Waals surface area contributed by atoms with Crippen LogP contribution in [-0.4, -0.2) is 22.4 Å². The first-order valence-corrected chi connectivity index (χ1v) is 15.3. The van der Waals surface area contributed by atoms with E-state index in [0.717, 1.165) is 43.9 Å². The SMILES string of the molecule is Clc1ccccc1/C=N/Nc1nc(-c2ccccc2)cs1.Clc1ccccc1/C=N/Nc1nc(-c2ccccc2)cs1. The first-order chi connectivity index (χ1) is 20.7. The highest BCUT2D eigenvalue weighted by molar-refractivity contribution is 7.14. The molecule has 0 atom stereocenters. The van der Waals surface area contributed by atoms with Crippen LogP contribution in [0.1, 0.15) is 11.1 Å². The molecule has 0 aliphatic rings. The number of nitrogens with zero attached hydrogens (tertiary/aromatic N) is 4. The summed E-state index contributed by atoms with van der Waals surface area (Å²) in [5, 5.41) is 15.2. The second-order valence-corrected chi connectivity index (χ2v) is 11.1. The van der Waals surface area contributed by atoms with Gasteiger partial charge in [0.15, 0.2) is 0 Å². The molecule has 2 heterocycles. The van der Waals surface area contributed by atoms with E-state index in [9.17, 15) is 0 Å². The molecule has 4 aromatic carbocycles. The molecule has 6 aromatic rings. The quantitative estimate of drug-likeness (QED) is 0.130. The van der Waals surface area contributed by atoms with Crippen LogP contribution in [-0.2, 0) is 0 Å². The van der Waals surface area contributed by atoms with E-state index in [1.807, 2.05) is 120 Å². The van der Waals surface area contributed by atoms with Gasteiger partial charge in [0.1, 0.15) is 0 Å². The highest BCUT2D eigenvalue weighted by Crippen LogP contribution is 2.25. The van der Waals surface area contributed by atoms with Crippen molar-refractivity contribution in [2.24, 2.45) is 10.2 Å². The lowest BCUT2D eigenvalue weighted by Gasteiger charge is -1.97. The maximum absolute atomic E-state index is 6.06. The van der Waals surface area contributed by atoms with Gasteiger partial charge < -0.3 is 0 Å². The van der Waals surface area contributed by atoms with E-state index in [1.54, 1.807) is 12.4 Å². The largest absolute Gasteiger partial charge is 0.253 e. The average Bonchev–Trinajstić information content (AvgIpc) is 3.71. The summed E-state index contributed by atoms with van der Waals surface area (Å²) in [6.07, 6.45) is 3.37. The smallest absolute Gasteiger partial charge is 0.203 e. The van der Waals surface area contributed by atoms with Crippen molar-refractivity contribution in [3.63, 3.8) is 0 Å². The lowest BCUT2D eigenvalue weighted by Crippen LogP contribution is -1.90. The highest BCUT2D eigenvalue weighted by Gasteiger charge is 2.04. The van der Waals surface area contributed by atoms with E-state index in [1.165, 1.54) is 22.7 Å². The molecule has 0 saturated carbocycles. The number of hydrazone groups is 2. The van der Waals surface area contributed by atoms with Crippen molar-refractivity contribution in [3.8, 4) is 22.5 Å². The minimum absolute atomic E-state index is 0.673. The van der Waals surface area contributed by atoms with Gasteiger partial charge in [-0.25, -0.2) is 9.97 Å². The van der Waals surface area contributed by atoms with Crippen molar-refractivity contribution in [2.75, 3.05) is 10.9 Å². The summed E-state index contributed by atoms with van der Waals surface area (Å²) < 4.78 is 0.